The summed E-state index contributed by atoms with van der Waals surface area (Å²) in [5, 5.41) is 3.12. The van der Waals surface area contributed by atoms with Gasteiger partial charge in [0.1, 0.15) is 5.69 Å². The summed E-state index contributed by atoms with van der Waals surface area (Å²) in [4.78, 5) is 37.4. The van der Waals surface area contributed by atoms with Gasteiger partial charge in [-0.2, -0.15) is 0 Å². The van der Waals surface area contributed by atoms with Gasteiger partial charge in [-0.1, -0.05) is 34.8 Å². The molecule has 1 heterocycles. The van der Waals surface area contributed by atoms with Crippen molar-refractivity contribution in [3.63, 3.8) is 0 Å². The van der Waals surface area contributed by atoms with E-state index >= 15 is 0 Å². The number of nitrogens with one attached hydrogen (secondary N) is 2. The fourth-order valence-corrected chi connectivity index (χ4v) is 2.32. The van der Waals surface area contributed by atoms with Crippen LogP contribution in [-0.2, 0) is 9.53 Å². The molecule has 6 nitrogen and oxygen atoms in total. The van der Waals surface area contributed by atoms with E-state index in [2.05, 4.69) is 10.3 Å². The number of aromatic nitrogens is 1. The lowest BCUT2D eigenvalue weighted by molar-refractivity contribution is -0.119. The number of hydrogen-bond donors (Lipinski definition) is 2. The van der Waals surface area contributed by atoms with Crippen LogP contribution in [0.1, 0.15) is 27.8 Å². The third kappa shape index (κ3) is 4.50. The van der Waals surface area contributed by atoms with Gasteiger partial charge >= 0.3 is 5.97 Å². The average Bonchev–Trinajstić information content (AvgIpc) is 3.00. The molecule has 0 saturated heterocycles. The largest absolute Gasteiger partial charge is 0.451 e. The molecule has 0 aliphatic rings. The lowest BCUT2D eigenvalue weighted by atomic mass is 10.2. The molecule has 0 saturated carbocycles. The van der Waals surface area contributed by atoms with Crippen LogP contribution < -0.4 is 5.32 Å². The fourth-order valence-electron chi connectivity index (χ4n) is 1.73. The van der Waals surface area contributed by atoms with Crippen LogP contribution in [0.25, 0.3) is 0 Å². The number of carbonyl (C=O) groups is 3. The Morgan fingerprint density at radius 3 is 2.38 bits per heavy atom. The number of aromatic amines is 1. The highest BCUT2D eigenvalue weighted by molar-refractivity contribution is 6.44. The number of Topliss-reactive ketones (excluding diaryl/α,β-unsaturated/α-hetero) is 1. The summed E-state index contributed by atoms with van der Waals surface area (Å²) in [5.74, 6) is -1.57. The molecule has 0 aliphatic carbocycles. The first-order valence-electron chi connectivity index (χ1n) is 6.59. The van der Waals surface area contributed by atoms with E-state index in [1.165, 1.54) is 31.3 Å². The molecule has 0 bridgehead atoms. The van der Waals surface area contributed by atoms with E-state index in [-0.39, 0.29) is 32.2 Å². The molecule has 0 atom stereocenters. The maximum atomic E-state index is 11.8. The second kappa shape index (κ2) is 7.70. The molecule has 2 aromatic rings. The van der Waals surface area contributed by atoms with E-state index in [1.807, 2.05) is 0 Å². The Hall–Kier alpha value is -2.02. The Kier molecular flexibility index (Phi) is 5.88. The zero-order chi connectivity index (χ0) is 17.9. The molecule has 1 aromatic carbocycles. The van der Waals surface area contributed by atoms with Gasteiger partial charge in [0.2, 0.25) is 0 Å². The number of anilines is 1. The highest BCUT2D eigenvalue weighted by Gasteiger charge is 2.15. The Labute approximate surface area is 152 Å². The van der Waals surface area contributed by atoms with Crippen molar-refractivity contribution in [2.75, 3.05) is 11.9 Å². The van der Waals surface area contributed by atoms with E-state index < -0.39 is 18.5 Å². The minimum atomic E-state index is -0.766. The number of H-pyrrole nitrogens is 1. The average molecular weight is 390 g/mol. The number of carbonyl (C=O) groups excluding carboxylic acids is 3. The number of hydrogen-bond acceptors (Lipinski definition) is 4. The van der Waals surface area contributed by atoms with Crippen LogP contribution in [0.15, 0.2) is 24.4 Å². The molecular weight excluding hydrogens is 379 g/mol. The van der Waals surface area contributed by atoms with Crippen LogP contribution in [-0.4, -0.2) is 29.3 Å². The first-order chi connectivity index (χ1) is 11.3. The van der Waals surface area contributed by atoms with Gasteiger partial charge in [-0.25, -0.2) is 4.79 Å². The molecule has 9 heteroatoms. The minimum Gasteiger partial charge on any atom is -0.451 e. The molecule has 1 amide bonds. The molecule has 2 N–H and O–H groups in total. The zero-order valence-corrected chi connectivity index (χ0v) is 14.6. The Bertz CT molecular complexity index is 817. The van der Waals surface area contributed by atoms with Crippen LogP contribution in [0.3, 0.4) is 0 Å². The van der Waals surface area contributed by atoms with E-state index in [9.17, 15) is 14.4 Å². The van der Waals surface area contributed by atoms with E-state index in [0.717, 1.165) is 0 Å². The summed E-state index contributed by atoms with van der Waals surface area (Å²) in [6, 6.07) is 4.11. The predicted molar refractivity (Wildman–Crippen MR) is 91.2 cm³/mol. The van der Waals surface area contributed by atoms with Crippen LogP contribution in [0.2, 0.25) is 15.1 Å². The van der Waals surface area contributed by atoms with Gasteiger partial charge in [-0.3, -0.25) is 9.59 Å². The third-order valence-electron chi connectivity index (χ3n) is 2.93. The first-order valence-corrected chi connectivity index (χ1v) is 7.72. The van der Waals surface area contributed by atoms with Crippen molar-refractivity contribution in [1.82, 2.24) is 4.98 Å². The molecule has 0 unspecified atom stereocenters. The number of ether oxygens (including phenoxy) is 1. The summed E-state index contributed by atoms with van der Waals surface area (Å²) < 4.78 is 4.85. The van der Waals surface area contributed by atoms with Crippen molar-refractivity contribution < 1.29 is 19.1 Å². The molecule has 0 spiro atoms. The van der Waals surface area contributed by atoms with Crippen LogP contribution in [0.4, 0.5) is 5.69 Å². The second-order valence-electron chi connectivity index (χ2n) is 4.73. The van der Waals surface area contributed by atoms with Gasteiger partial charge in [0.15, 0.2) is 12.4 Å². The van der Waals surface area contributed by atoms with Gasteiger partial charge in [-0.15, -0.1) is 0 Å². The molecular formula is C15H11Cl3N2O4. The maximum Gasteiger partial charge on any atom is 0.355 e. The summed E-state index contributed by atoms with van der Waals surface area (Å²) in [5.41, 5.74) is 0.653. The highest BCUT2D eigenvalue weighted by atomic mass is 35.5. The number of benzene rings is 1. The molecule has 0 aliphatic heterocycles. The topological polar surface area (TPSA) is 88.3 Å². The van der Waals surface area contributed by atoms with Crippen molar-refractivity contribution in [3.05, 3.63) is 50.7 Å². The third-order valence-corrected chi connectivity index (χ3v) is 3.96. The predicted octanol–water partition coefficient (Wildman–Crippen LogP) is 3.97. The molecule has 2 rings (SSSR count). The van der Waals surface area contributed by atoms with Crippen molar-refractivity contribution in [2.45, 2.75) is 6.92 Å². The Morgan fingerprint density at radius 2 is 1.75 bits per heavy atom. The van der Waals surface area contributed by atoms with Crippen LogP contribution >= 0.6 is 34.8 Å². The van der Waals surface area contributed by atoms with Gasteiger partial charge in [-0.05, 0) is 25.1 Å². The molecule has 24 heavy (non-hydrogen) atoms. The zero-order valence-electron chi connectivity index (χ0n) is 12.3. The summed E-state index contributed by atoms with van der Waals surface area (Å²) in [6.45, 7) is 0.830. The smallest absolute Gasteiger partial charge is 0.355 e. The first kappa shape index (κ1) is 18.3. The normalized spacial score (nSPS) is 10.3. The number of esters is 1. The number of amides is 1. The summed E-state index contributed by atoms with van der Waals surface area (Å²) in [7, 11) is 0. The van der Waals surface area contributed by atoms with E-state index in [0.29, 0.717) is 5.56 Å². The van der Waals surface area contributed by atoms with Gasteiger partial charge in [0.25, 0.3) is 5.91 Å². The van der Waals surface area contributed by atoms with Crippen LogP contribution in [0.5, 0.6) is 0 Å². The standard InChI is InChI=1S/C15H11Cl3N2O4/c1-7(21)8-2-13(19-5-8)15(23)24-6-14(22)20-12-4-10(17)9(16)3-11(12)18/h2-5,19H,6H2,1H3,(H,20,22). The van der Waals surface area contributed by atoms with Crippen molar-refractivity contribution in [3.8, 4) is 0 Å². The highest BCUT2D eigenvalue weighted by Crippen LogP contribution is 2.32. The lowest BCUT2D eigenvalue weighted by Gasteiger charge is -2.09. The minimum absolute atomic E-state index is 0.0700. The summed E-state index contributed by atoms with van der Waals surface area (Å²) >= 11 is 17.6. The quantitative estimate of drug-likeness (QED) is 0.460. The Morgan fingerprint density at radius 1 is 1.08 bits per heavy atom. The number of rotatable bonds is 5. The second-order valence-corrected chi connectivity index (χ2v) is 5.95. The molecule has 1 aromatic heterocycles. The molecule has 0 fully saturated rings. The van der Waals surface area contributed by atoms with E-state index in [1.54, 1.807) is 0 Å². The Balaban J connectivity index is 1.94. The van der Waals surface area contributed by atoms with E-state index in [4.69, 9.17) is 39.5 Å². The van der Waals surface area contributed by atoms with Crippen molar-refractivity contribution in [2.24, 2.45) is 0 Å². The van der Waals surface area contributed by atoms with Gasteiger partial charge in [0, 0.05) is 11.8 Å². The summed E-state index contributed by atoms with van der Waals surface area (Å²) in [6.07, 6.45) is 1.38. The molecule has 126 valence electrons. The number of ketones is 1. The SMILES string of the molecule is CC(=O)c1c[nH]c(C(=O)OCC(=O)Nc2cc(Cl)c(Cl)cc2Cl)c1. The van der Waals surface area contributed by atoms with Crippen molar-refractivity contribution in [1.29, 1.82) is 0 Å². The van der Waals surface area contributed by atoms with Gasteiger partial charge in [0.05, 0.1) is 20.8 Å². The fraction of sp³-hybridized carbons (Fsp3) is 0.133. The van der Waals surface area contributed by atoms with Gasteiger partial charge < -0.3 is 15.0 Å². The van der Waals surface area contributed by atoms with Crippen LogP contribution in [0, 0.1) is 0 Å². The monoisotopic (exact) mass is 388 g/mol. The maximum absolute atomic E-state index is 11.8. The van der Waals surface area contributed by atoms with Crippen molar-refractivity contribution >= 4 is 58.1 Å². The number of halogens is 3. The lowest BCUT2D eigenvalue weighted by Crippen LogP contribution is -2.21. The molecule has 0 radical (unpaired) electrons.